The molecule has 3 saturated heterocycles. The van der Waals surface area contributed by atoms with Crippen LogP contribution in [0.3, 0.4) is 0 Å². The molecule has 8 heteroatoms. The van der Waals surface area contributed by atoms with Crippen LogP contribution in [0.15, 0.2) is 47.1 Å². The van der Waals surface area contributed by atoms with Gasteiger partial charge in [0.05, 0.1) is 24.9 Å². The van der Waals surface area contributed by atoms with Crippen molar-refractivity contribution >= 4 is 5.97 Å². The number of hydrogen-bond acceptors (Lipinski definition) is 8. The number of ether oxygens (including phenoxy) is 4. The van der Waals surface area contributed by atoms with Crippen LogP contribution in [0.4, 0.5) is 0 Å². The lowest BCUT2D eigenvalue weighted by molar-refractivity contribution is -0.335. The number of aliphatic hydroxyl groups is 3. The van der Waals surface area contributed by atoms with Crippen LogP contribution in [-0.2, 0) is 23.7 Å². The third-order valence-corrected chi connectivity index (χ3v) is 9.77. The molecule has 1 spiro atoms. The van der Waals surface area contributed by atoms with Crippen molar-refractivity contribution in [3.63, 3.8) is 0 Å². The second-order valence-corrected chi connectivity index (χ2v) is 12.7. The summed E-state index contributed by atoms with van der Waals surface area (Å²) >= 11 is 0. The van der Waals surface area contributed by atoms with E-state index in [2.05, 4.69) is 13.8 Å². The van der Waals surface area contributed by atoms with E-state index in [1.807, 2.05) is 26.0 Å². The Balaban J connectivity index is 1.53. The van der Waals surface area contributed by atoms with E-state index < -0.39 is 47.7 Å². The molecule has 0 unspecified atom stereocenters. The topological polar surface area (TPSA) is 115 Å². The summed E-state index contributed by atoms with van der Waals surface area (Å²) in [5.74, 6) is -2.20. The zero-order chi connectivity index (χ0) is 28.8. The van der Waals surface area contributed by atoms with Crippen molar-refractivity contribution in [1.29, 1.82) is 0 Å². The van der Waals surface area contributed by atoms with Crippen LogP contribution >= 0.6 is 0 Å². The fourth-order valence-corrected chi connectivity index (χ4v) is 7.18. The van der Waals surface area contributed by atoms with Crippen LogP contribution in [0, 0.1) is 17.8 Å². The molecule has 0 amide bonds. The monoisotopic (exact) mass is 558 g/mol. The predicted molar refractivity (Wildman–Crippen MR) is 149 cm³/mol. The number of esters is 1. The summed E-state index contributed by atoms with van der Waals surface area (Å²) in [6.07, 6.45) is 9.65. The van der Waals surface area contributed by atoms with Crippen molar-refractivity contribution in [1.82, 2.24) is 0 Å². The molecule has 40 heavy (non-hydrogen) atoms. The van der Waals surface area contributed by atoms with Crippen molar-refractivity contribution in [3.05, 3.63) is 47.1 Å². The van der Waals surface area contributed by atoms with Gasteiger partial charge in [-0.05, 0) is 55.7 Å². The Morgan fingerprint density at radius 2 is 1.85 bits per heavy atom. The van der Waals surface area contributed by atoms with Gasteiger partial charge in [0.2, 0.25) is 0 Å². The molecule has 4 heterocycles. The van der Waals surface area contributed by atoms with Crippen LogP contribution in [0.1, 0.15) is 73.1 Å². The predicted octanol–water partition coefficient (Wildman–Crippen LogP) is 3.90. The van der Waals surface area contributed by atoms with E-state index in [1.165, 1.54) is 0 Å². The third-order valence-electron chi connectivity index (χ3n) is 9.77. The third kappa shape index (κ3) is 5.39. The molecule has 5 rings (SSSR count). The van der Waals surface area contributed by atoms with Crippen LogP contribution in [-0.4, -0.2) is 75.9 Å². The highest BCUT2D eigenvalue weighted by Gasteiger charge is 2.60. The van der Waals surface area contributed by atoms with Crippen molar-refractivity contribution < 1.29 is 39.1 Å². The second kappa shape index (κ2) is 11.5. The molecule has 11 atom stereocenters. The Hall–Kier alpha value is -1.81. The molecule has 4 aliphatic heterocycles. The Kier molecular flexibility index (Phi) is 8.50. The van der Waals surface area contributed by atoms with Crippen molar-refractivity contribution in [3.8, 4) is 0 Å². The van der Waals surface area contributed by atoms with Crippen molar-refractivity contribution in [2.45, 2.75) is 121 Å². The van der Waals surface area contributed by atoms with Gasteiger partial charge in [-0.2, -0.15) is 0 Å². The second-order valence-electron chi connectivity index (χ2n) is 12.7. The molecular formula is C32H46O8. The summed E-state index contributed by atoms with van der Waals surface area (Å²) in [5, 5.41) is 33.9. The quantitative estimate of drug-likeness (QED) is 0.328. The molecule has 0 aromatic rings. The summed E-state index contributed by atoms with van der Waals surface area (Å²) in [6, 6.07) is 0. The highest BCUT2D eigenvalue weighted by molar-refractivity contribution is 5.78. The zero-order valence-electron chi connectivity index (χ0n) is 24.4. The van der Waals surface area contributed by atoms with Gasteiger partial charge in [0.1, 0.15) is 29.8 Å². The van der Waals surface area contributed by atoms with Gasteiger partial charge < -0.3 is 34.3 Å². The fraction of sp³-hybridized carbons (Fsp3) is 0.719. The minimum Gasteiger partial charge on any atom is -0.462 e. The lowest BCUT2D eigenvalue weighted by atomic mass is 9.71. The Bertz CT molecular complexity index is 1090. The molecular weight excluding hydrogens is 512 g/mol. The molecule has 0 saturated carbocycles. The minimum absolute atomic E-state index is 0.0589. The van der Waals surface area contributed by atoms with E-state index in [4.69, 9.17) is 18.9 Å². The number of carbonyl (C=O) groups is 1. The van der Waals surface area contributed by atoms with Gasteiger partial charge in [0, 0.05) is 25.2 Å². The lowest BCUT2D eigenvalue weighted by Gasteiger charge is -2.50. The number of allylic oxidation sites excluding steroid dienone is 2. The number of hydrogen-bond donors (Lipinski definition) is 3. The molecule has 1 aliphatic carbocycles. The fourth-order valence-electron chi connectivity index (χ4n) is 7.18. The largest absolute Gasteiger partial charge is 0.462 e. The van der Waals surface area contributed by atoms with Crippen LogP contribution in [0.25, 0.3) is 0 Å². The highest BCUT2D eigenvalue weighted by Crippen LogP contribution is 2.47. The van der Waals surface area contributed by atoms with Gasteiger partial charge in [-0.3, -0.25) is 4.79 Å². The maximum Gasteiger partial charge on any atom is 0.316 e. The molecule has 2 bridgehead atoms. The van der Waals surface area contributed by atoms with Gasteiger partial charge in [0.25, 0.3) is 0 Å². The first-order valence-corrected chi connectivity index (χ1v) is 15.0. The zero-order valence-corrected chi connectivity index (χ0v) is 24.4. The summed E-state index contributed by atoms with van der Waals surface area (Å²) in [5.41, 5.74) is 0.159. The van der Waals surface area contributed by atoms with Crippen molar-refractivity contribution in [2.75, 3.05) is 6.61 Å². The molecule has 5 aliphatic rings. The van der Waals surface area contributed by atoms with E-state index in [0.717, 1.165) is 18.4 Å². The Morgan fingerprint density at radius 3 is 2.60 bits per heavy atom. The first-order valence-electron chi connectivity index (χ1n) is 15.0. The first kappa shape index (κ1) is 29.7. The van der Waals surface area contributed by atoms with Gasteiger partial charge in [-0.15, -0.1) is 0 Å². The first-order chi connectivity index (χ1) is 19.0. The van der Waals surface area contributed by atoms with Crippen molar-refractivity contribution in [2.24, 2.45) is 17.8 Å². The van der Waals surface area contributed by atoms with Gasteiger partial charge in [-0.25, -0.2) is 0 Å². The molecule has 0 radical (unpaired) electrons. The smallest absolute Gasteiger partial charge is 0.316 e. The van der Waals surface area contributed by atoms with E-state index in [0.29, 0.717) is 42.7 Å². The van der Waals surface area contributed by atoms with E-state index in [1.54, 1.807) is 25.2 Å². The molecule has 0 aromatic heterocycles. The highest BCUT2D eigenvalue weighted by atomic mass is 16.7. The van der Waals surface area contributed by atoms with Crippen LogP contribution in [0.2, 0.25) is 0 Å². The van der Waals surface area contributed by atoms with E-state index in [-0.39, 0.29) is 24.7 Å². The Labute approximate surface area is 237 Å². The normalized spacial score (nSPS) is 49.6. The standard InChI is InChI=1S/C32H46O8/c1-6-26-18(2)12-13-31(40-26)16-24-15-23(39-31)11-10-20(4)27(33)19(3)8-7-9-22-17-37-29-28(34)21(5)14-25(30(35)38-24)32(22,29)36/h7-10,14,18-19,23-29,33-34,36H,6,11-13,15-17H2,1-5H3/b8-7+,20-10-,22-9+/t18-,19-,23+,24-,25-,26+,27+,28+,29+,31+,32+/m0/s1. The summed E-state index contributed by atoms with van der Waals surface area (Å²) < 4.78 is 25.3. The number of fused-ring (bicyclic) bond motifs is 2. The number of rotatable bonds is 1. The lowest BCUT2D eigenvalue weighted by Crippen LogP contribution is -2.58. The van der Waals surface area contributed by atoms with E-state index in [9.17, 15) is 20.1 Å². The molecule has 0 aromatic carbocycles. The molecule has 3 fully saturated rings. The molecule has 8 nitrogen and oxygen atoms in total. The average Bonchev–Trinajstić information content (AvgIpc) is 3.26. The SMILES string of the molecule is CC[C@H]1O[C@]2(CC[C@@H]1C)C[C@@H]1C[C@@H](C/C=C(/C)[C@H](O)[C@@H](C)/C=C/C=C3\CO[C@@H]4[C@H](O)C(C)=C[C@@H](C(=O)O1)[C@]34O)O2. The van der Waals surface area contributed by atoms with Crippen LogP contribution < -0.4 is 0 Å². The maximum absolute atomic E-state index is 13.9. The number of aliphatic hydroxyl groups excluding tert-OH is 2. The maximum atomic E-state index is 13.9. The Morgan fingerprint density at radius 1 is 1.07 bits per heavy atom. The van der Waals surface area contributed by atoms with Gasteiger partial charge in [-0.1, -0.05) is 51.2 Å². The van der Waals surface area contributed by atoms with E-state index >= 15 is 0 Å². The average molecular weight is 559 g/mol. The minimum atomic E-state index is -1.75. The van der Waals surface area contributed by atoms with Gasteiger partial charge >= 0.3 is 5.97 Å². The summed E-state index contributed by atoms with van der Waals surface area (Å²) in [4.78, 5) is 13.9. The molecule has 3 N–H and O–H groups in total. The molecule has 222 valence electrons. The summed E-state index contributed by atoms with van der Waals surface area (Å²) in [7, 11) is 0. The van der Waals surface area contributed by atoms with Crippen LogP contribution in [0.5, 0.6) is 0 Å². The van der Waals surface area contributed by atoms with Gasteiger partial charge in [0.15, 0.2) is 5.79 Å². The summed E-state index contributed by atoms with van der Waals surface area (Å²) in [6.45, 7) is 9.98. The number of carbonyl (C=O) groups excluding carboxylic acids is 1.